The fraction of sp³-hybridized carbons (Fsp3) is 0.333. The second-order valence-electron chi connectivity index (χ2n) is 5.15. The van der Waals surface area contributed by atoms with Crippen LogP contribution < -0.4 is 10.6 Å². The van der Waals surface area contributed by atoms with Gasteiger partial charge in [0.25, 0.3) is 0 Å². The Balaban J connectivity index is 0.00000288. The molecule has 0 saturated carbocycles. The first kappa shape index (κ1) is 20.2. The molecule has 24 heavy (non-hydrogen) atoms. The molecule has 0 radical (unpaired) electrons. The van der Waals surface area contributed by atoms with Crippen LogP contribution >= 0.6 is 24.0 Å². The van der Waals surface area contributed by atoms with Crippen LogP contribution in [-0.2, 0) is 6.42 Å². The molecule has 0 amide bonds. The number of nitrogens with zero attached hydrogens (tertiary/aromatic N) is 3. The van der Waals surface area contributed by atoms with Crippen LogP contribution in [0.5, 0.6) is 0 Å². The van der Waals surface area contributed by atoms with Crippen LogP contribution in [0.1, 0.15) is 18.9 Å². The second-order valence-corrected chi connectivity index (χ2v) is 5.15. The molecule has 2 aromatic rings. The Morgan fingerprint density at radius 2 is 1.96 bits per heavy atom. The van der Waals surface area contributed by atoms with Crippen molar-refractivity contribution in [1.29, 1.82) is 0 Å². The van der Waals surface area contributed by atoms with Gasteiger partial charge in [0.1, 0.15) is 0 Å². The number of guanidine groups is 1. The minimum atomic E-state index is 0. The van der Waals surface area contributed by atoms with Gasteiger partial charge >= 0.3 is 0 Å². The van der Waals surface area contributed by atoms with Crippen molar-refractivity contribution in [2.45, 2.75) is 19.8 Å². The van der Waals surface area contributed by atoms with Crippen LogP contribution in [0.25, 0.3) is 5.69 Å². The largest absolute Gasteiger partial charge is 0.356 e. The number of aromatic nitrogens is 2. The molecule has 1 aromatic heterocycles. The van der Waals surface area contributed by atoms with E-state index in [9.17, 15) is 0 Å². The van der Waals surface area contributed by atoms with Gasteiger partial charge in [0.2, 0.25) is 0 Å². The Kier molecular flexibility index (Phi) is 9.83. The quantitative estimate of drug-likeness (QED) is 0.229. The van der Waals surface area contributed by atoms with Crippen LogP contribution in [-0.4, -0.2) is 35.9 Å². The van der Waals surface area contributed by atoms with E-state index in [4.69, 9.17) is 0 Å². The van der Waals surface area contributed by atoms with Crippen molar-refractivity contribution in [3.8, 4) is 5.69 Å². The average molecular weight is 439 g/mol. The molecule has 6 heteroatoms. The maximum Gasteiger partial charge on any atom is 0.190 e. The first-order valence-corrected chi connectivity index (χ1v) is 7.98. The molecule has 1 heterocycles. The van der Waals surface area contributed by atoms with Gasteiger partial charge in [-0.3, -0.25) is 4.99 Å². The highest BCUT2D eigenvalue weighted by Crippen LogP contribution is 2.08. The van der Waals surface area contributed by atoms with Gasteiger partial charge in [-0.15, -0.1) is 24.0 Å². The number of halogens is 1. The lowest BCUT2D eigenvalue weighted by molar-refractivity contribution is 0.790. The summed E-state index contributed by atoms with van der Waals surface area (Å²) in [4.78, 5) is 4.22. The maximum atomic E-state index is 4.23. The number of allylic oxidation sites excluding steroid dienone is 1. The second kappa shape index (κ2) is 11.7. The monoisotopic (exact) mass is 439 g/mol. The molecule has 0 spiro atoms. The first-order valence-electron chi connectivity index (χ1n) is 7.98. The average Bonchev–Trinajstić information content (AvgIpc) is 3.12. The lowest BCUT2D eigenvalue weighted by Crippen LogP contribution is -2.38. The highest BCUT2D eigenvalue weighted by Gasteiger charge is 1.99. The van der Waals surface area contributed by atoms with Crippen LogP contribution in [0.15, 0.2) is 59.9 Å². The van der Waals surface area contributed by atoms with Crippen LogP contribution in [0, 0.1) is 0 Å². The number of aliphatic imine (C=N–C) groups is 1. The Morgan fingerprint density at radius 1 is 1.21 bits per heavy atom. The third-order valence-corrected chi connectivity index (χ3v) is 3.47. The molecule has 0 atom stereocenters. The summed E-state index contributed by atoms with van der Waals surface area (Å²) < 4.78 is 1.86. The summed E-state index contributed by atoms with van der Waals surface area (Å²) in [6, 6.07) is 10.4. The van der Waals surface area contributed by atoms with Gasteiger partial charge in [0.15, 0.2) is 5.96 Å². The van der Waals surface area contributed by atoms with Crippen LogP contribution in [0.4, 0.5) is 0 Å². The zero-order chi connectivity index (χ0) is 16.3. The molecule has 2 rings (SSSR count). The Morgan fingerprint density at radius 3 is 2.58 bits per heavy atom. The molecule has 1 aromatic carbocycles. The van der Waals surface area contributed by atoms with Crippen molar-refractivity contribution >= 4 is 29.9 Å². The fourth-order valence-electron chi connectivity index (χ4n) is 2.22. The Labute approximate surface area is 161 Å². The van der Waals surface area contributed by atoms with Crippen LogP contribution in [0.3, 0.4) is 0 Å². The summed E-state index contributed by atoms with van der Waals surface area (Å²) in [7, 11) is 1.80. The van der Waals surface area contributed by atoms with Crippen molar-refractivity contribution in [2.75, 3.05) is 20.1 Å². The summed E-state index contributed by atoms with van der Waals surface area (Å²) in [6.07, 6.45) is 9.89. The molecule has 130 valence electrons. The molecule has 0 aliphatic carbocycles. The summed E-state index contributed by atoms with van der Waals surface area (Å²) in [5.41, 5.74) is 2.37. The van der Waals surface area contributed by atoms with E-state index < -0.39 is 0 Å². The van der Waals surface area contributed by atoms with E-state index in [0.717, 1.165) is 37.6 Å². The van der Waals surface area contributed by atoms with E-state index in [1.54, 1.807) is 13.2 Å². The van der Waals surface area contributed by atoms with Gasteiger partial charge in [0, 0.05) is 32.5 Å². The zero-order valence-electron chi connectivity index (χ0n) is 14.3. The van der Waals surface area contributed by atoms with Crippen molar-refractivity contribution in [3.05, 3.63) is 60.4 Å². The lowest BCUT2D eigenvalue weighted by Gasteiger charge is -2.11. The third kappa shape index (κ3) is 6.74. The van der Waals surface area contributed by atoms with E-state index in [1.165, 1.54) is 5.56 Å². The third-order valence-electron chi connectivity index (χ3n) is 3.47. The van der Waals surface area contributed by atoms with Gasteiger partial charge in [0.05, 0.1) is 5.69 Å². The zero-order valence-corrected chi connectivity index (χ0v) is 16.6. The number of nitrogens with one attached hydrogen (secondary N) is 2. The van der Waals surface area contributed by atoms with E-state index in [1.807, 2.05) is 23.9 Å². The van der Waals surface area contributed by atoms with Gasteiger partial charge in [-0.25, -0.2) is 4.68 Å². The molecule has 0 saturated heterocycles. The standard InChI is InChI=1S/C18H25N5.HI/c1-3-4-5-12-20-18(19-2)21-14-11-16-7-9-17(10-8-16)23-15-6-13-22-23;/h3-4,6-10,13,15H,5,11-12,14H2,1-2H3,(H2,19,20,21);1H. The first-order chi connectivity index (χ1) is 11.3. The smallest absolute Gasteiger partial charge is 0.190 e. The number of rotatable bonds is 7. The molecule has 0 unspecified atom stereocenters. The fourth-order valence-corrected chi connectivity index (χ4v) is 2.22. The maximum absolute atomic E-state index is 4.23. The number of hydrogen-bond acceptors (Lipinski definition) is 2. The highest BCUT2D eigenvalue weighted by atomic mass is 127. The SMILES string of the molecule is CC=CCCNC(=NC)NCCc1ccc(-n2cccn2)cc1.I. The van der Waals surface area contributed by atoms with E-state index in [0.29, 0.717) is 0 Å². The molecule has 0 fully saturated rings. The molecule has 2 N–H and O–H groups in total. The summed E-state index contributed by atoms with van der Waals surface area (Å²) in [6.45, 7) is 3.78. The summed E-state index contributed by atoms with van der Waals surface area (Å²) in [5, 5.41) is 10.9. The van der Waals surface area contributed by atoms with E-state index >= 15 is 0 Å². The lowest BCUT2D eigenvalue weighted by atomic mass is 10.1. The molecule has 0 aliphatic heterocycles. The molecular weight excluding hydrogens is 413 g/mol. The molecule has 0 aliphatic rings. The predicted molar refractivity (Wildman–Crippen MR) is 111 cm³/mol. The van der Waals surface area contributed by atoms with Gasteiger partial charge in [-0.1, -0.05) is 24.3 Å². The number of hydrogen-bond donors (Lipinski definition) is 2. The van der Waals surface area contributed by atoms with Gasteiger partial charge in [-0.2, -0.15) is 5.10 Å². The Bertz CT molecular complexity index is 617. The molecular formula is C18H26IN5. The van der Waals surface area contributed by atoms with Crippen molar-refractivity contribution in [3.63, 3.8) is 0 Å². The van der Waals surface area contributed by atoms with E-state index in [-0.39, 0.29) is 24.0 Å². The van der Waals surface area contributed by atoms with Gasteiger partial charge in [-0.05, 0) is 43.5 Å². The minimum absolute atomic E-state index is 0. The van der Waals surface area contributed by atoms with Crippen molar-refractivity contribution < 1.29 is 0 Å². The Hall–Kier alpha value is -1.83. The summed E-state index contributed by atoms with van der Waals surface area (Å²) in [5.74, 6) is 0.850. The predicted octanol–water partition coefficient (Wildman–Crippen LogP) is 3.16. The topological polar surface area (TPSA) is 54.2 Å². The van der Waals surface area contributed by atoms with Gasteiger partial charge < -0.3 is 10.6 Å². The van der Waals surface area contributed by atoms with Crippen molar-refractivity contribution in [2.24, 2.45) is 4.99 Å². The molecule has 5 nitrogen and oxygen atoms in total. The highest BCUT2D eigenvalue weighted by molar-refractivity contribution is 14.0. The van der Waals surface area contributed by atoms with Crippen LogP contribution in [0.2, 0.25) is 0 Å². The molecule has 0 bridgehead atoms. The minimum Gasteiger partial charge on any atom is -0.356 e. The summed E-state index contributed by atoms with van der Waals surface area (Å²) >= 11 is 0. The normalized spacial score (nSPS) is 11.3. The number of benzene rings is 1. The van der Waals surface area contributed by atoms with Crippen molar-refractivity contribution in [1.82, 2.24) is 20.4 Å². The van der Waals surface area contributed by atoms with E-state index in [2.05, 4.69) is 57.1 Å².